The fourth-order valence-corrected chi connectivity index (χ4v) is 3.79. The lowest BCUT2D eigenvalue weighted by Crippen LogP contribution is -2.46. The van der Waals surface area contributed by atoms with Crippen LogP contribution in [0.5, 0.6) is 0 Å². The summed E-state index contributed by atoms with van der Waals surface area (Å²) < 4.78 is 4.90. The first-order valence-corrected chi connectivity index (χ1v) is 10.3. The Morgan fingerprint density at radius 3 is 2.72 bits per heavy atom. The molecule has 2 aliphatic heterocycles. The van der Waals surface area contributed by atoms with Crippen LogP contribution in [0.4, 0.5) is 5.69 Å². The minimum Gasteiger partial charge on any atom is -0.466 e. The molecule has 158 valence electrons. The Morgan fingerprint density at radius 1 is 1.24 bits per heavy atom. The summed E-state index contributed by atoms with van der Waals surface area (Å²) in [6, 6.07) is 5.73. The zero-order valence-corrected chi connectivity index (χ0v) is 17.2. The molecule has 29 heavy (non-hydrogen) atoms. The minimum absolute atomic E-state index is 0.0106. The van der Waals surface area contributed by atoms with Gasteiger partial charge in [-0.1, -0.05) is 6.07 Å². The van der Waals surface area contributed by atoms with Gasteiger partial charge < -0.3 is 25.2 Å². The van der Waals surface area contributed by atoms with Crippen LogP contribution in [0.2, 0.25) is 0 Å². The number of carbonyl (C=O) groups excluding carboxylic acids is 3. The summed E-state index contributed by atoms with van der Waals surface area (Å²) in [6.45, 7) is 8.01. The van der Waals surface area contributed by atoms with Gasteiger partial charge in [-0.3, -0.25) is 14.4 Å². The summed E-state index contributed by atoms with van der Waals surface area (Å²) in [5.74, 6) is -0.725. The second-order valence-corrected chi connectivity index (χ2v) is 7.53. The van der Waals surface area contributed by atoms with E-state index in [0.717, 1.165) is 43.9 Å². The molecule has 0 bridgehead atoms. The quantitative estimate of drug-likeness (QED) is 0.648. The molecule has 2 heterocycles. The summed E-state index contributed by atoms with van der Waals surface area (Å²) in [7, 11) is 0. The number of nitrogens with zero attached hydrogens (tertiary/aromatic N) is 2. The van der Waals surface area contributed by atoms with Crippen LogP contribution in [-0.4, -0.2) is 74.6 Å². The van der Waals surface area contributed by atoms with E-state index < -0.39 is 0 Å². The third-order valence-corrected chi connectivity index (χ3v) is 5.26. The Balaban J connectivity index is 1.60. The Hall–Kier alpha value is -2.61. The number of nitrogens with one attached hydrogen (secondary N) is 2. The Bertz CT molecular complexity index is 761. The van der Waals surface area contributed by atoms with Gasteiger partial charge in [0.1, 0.15) is 0 Å². The molecule has 0 unspecified atom stereocenters. The van der Waals surface area contributed by atoms with Crippen LogP contribution in [0.3, 0.4) is 0 Å². The van der Waals surface area contributed by atoms with Crippen LogP contribution >= 0.6 is 0 Å². The Labute approximate surface area is 171 Å². The van der Waals surface area contributed by atoms with Crippen LogP contribution in [0, 0.1) is 0 Å². The first kappa shape index (κ1) is 21.1. The second-order valence-electron chi connectivity index (χ2n) is 7.53. The minimum atomic E-state index is -0.344. The Kier molecular flexibility index (Phi) is 7.09. The summed E-state index contributed by atoms with van der Waals surface area (Å²) >= 11 is 0. The molecule has 3 rings (SSSR count). The number of hydrogen-bond acceptors (Lipinski definition) is 6. The van der Waals surface area contributed by atoms with Crippen LogP contribution in [-0.2, 0) is 20.7 Å². The second kappa shape index (κ2) is 9.73. The van der Waals surface area contributed by atoms with E-state index in [1.54, 1.807) is 18.7 Å². The summed E-state index contributed by atoms with van der Waals surface area (Å²) in [5.41, 5.74) is 2.76. The van der Waals surface area contributed by atoms with Crippen LogP contribution in [0.25, 0.3) is 0 Å². The third-order valence-electron chi connectivity index (χ3n) is 5.26. The molecule has 8 heteroatoms. The van der Waals surface area contributed by atoms with Gasteiger partial charge in [-0.2, -0.15) is 0 Å². The first-order chi connectivity index (χ1) is 14.0. The highest BCUT2D eigenvalue weighted by Crippen LogP contribution is 2.25. The molecule has 2 amide bonds. The van der Waals surface area contributed by atoms with E-state index in [0.29, 0.717) is 18.7 Å². The molecule has 2 N–H and O–H groups in total. The third kappa shape index (κ3) is 5.47. The summed E-state index contributed by atoms with van der Waals surface area (Å²) in [4.78, 5) is 40.7. The SMILES string of the molecule is CCOC(=O)C[C@@H](C)NC(=O)CN1CCc2ccc(N3CCNCC3)cc2C1=O. The van der Waals surface area contributed by atoms with Gasteiger partial charge in [0.05, 0.1) is 19.6 Å². The smallest absolute Gasteiger partial charge is 0.307 e. The van der Waals surface area contributed by atoms with E-state index in [2.05, 4.69) is 21.6 Å². The standard InChI is InChI=1S/C21H30N4O4/c1-3-29-20(27)12-15(2)23-19(26)14-25-9-6-16-4-5-17(13-18(16)21(25)28)24-10-7-22-8-11-24/h4-5,13,15,22H,3,6-12,14H2,1-2H3,(H,23,26)/t15-/m1/s1. The molecule has 8 nitrogen and oxygen atoms in total. The molecule has 1 atom stereocenters. The van der Waals surface area contributed by atoms with Crippen molar-refractivity contribution in [2.45, 2.75) is 32.7 Å². The number of rotatable bonds is 7. The molecule has 1 aromatic carbocycles. The molecular weight excluding hydrogens is 372 g/mol. The van der Waals surface area contributed by atoms with E-state index >= 15 is 0 Å². The molecule has 2 aliphatic rings. The number of amides is 2. The number of ether oxygens (including phenoxy) is 1. The lowest BCUT2D eigenvalue weighted by atomic mass is 9.97. The van der Waals surface area contributed by atoms with Crippen molar-refractivity contribution >= 4 is 23.5 Å². The van der Waals surface area contributed by atoms with Crippen LogP contribution in [0.15, 0.2) is 18.2 Å². The van der Waals surface area contributed by atoms with Crippen LogP contribution in [0.1, 0.15) is 36.2 Å². The average molecular weight is 402 g/mol. The molecule has 0 aliphatic carbocycles. The highest BCUT2D eigenvalue weighted by molar-refractivity contribution is 5.99. The van der Waals surface area contributed by atoms with Gasteiger partial charge in [0.15, 0.2) is 0 Å². The van der Waals surface area contributed by atoms with E-state index in [4.69, 9.17) is 4.74 Å². The van der Waals surface area contributed by atoms with E-state index in [1.165, 1.54) is 0 Å². The van der Waals surface area contributed by atoms with Crippen molar-refractivity contribution in [3.63, 3.8) is 0 Å². The van der Waals surface area contributed by atoms with E-state index in [1.807, 2.05) is 12.1 Å². The molecular formula is C21H30N4O4. The average Bonchev–Trinajstić information content (AvgIpc) is 2.70. The number of fused-ring (bicyclic) bond motifs is 1. The van der Waals surface area contributed by atoms with Gasteiger partial charge >= 0.3 is 5.97 Å². The van der Waals surface area contributed by atoms with Gasteiger partial charge in [-0.15, -0.1) is 0 Å². The van der Waals surface area contributed by atoms with Crippen molar-refractivity contribution in [2.75, 3.05) is 50.8 Å². The number of piperazine rings is 1. The maximum Gasteiger partial charge on any atom is 0.307 e. The Morgan fingerprint density at radius 2 is 2.00 bits per heavy atom. The van der Waals surface area contributed by atoms with Gasteiger partial charge in [-0.25, -0.2) is 0 Å². The van der Waals surface area contributed by atoms with Gasteiger partial charge in [0, 0.05) is 50.0 Å². The predicted octanol–water partition coefficient (Wildman–Crippen LogP) is 0.552. The number of benzene rings is 1. The zero-order valence-electron chi connectivity index (χ0n) is 17.2. The monoisotopic (exact) mass is 402 g/mol. The van der Waals surface area contributed by atoms with Gasteiger partial charge in [0.2, 0.25) is 5.91 Å². The molecule has 0 saturated carbocycles. The maximum atomic E-state index is 13.0. The van der Waals surface area contributed by atoms with Gasteiger partial charge in [0.25, 0.3) is 5.91 Å². The molecule has 0 radical (unpaired) electrons. The largest absolute Gasteiger partial charge is 0.466 e. The molecule has 0 aromatic heterocycles. The molecule has 1 saturated heterocycles. The highest BCUT2D eigenvalue weighted by atomic mass is 16.5. The number of anilines is 1. The number of esters is 1. The van der Waals surface area contributed by atoms with Crippen LogP contribution < -0.4 is 15.5 Å². The van der Waals surface area contributed by atoms with Crippen molar-refractivity contribution in [1.29, 1.82) is 0 Å². The highest BCUT2D eigenvalue weighted by Gasteiger charge is 2.27. The predicted molar refractivity (Wildman–Crippen MR) is 110 cm³/mol. The van der Waals surface area contributed by atoms with E-state index in [9.17, 15) is 14.4 Å². The normalized spacial score (nSPS) is 17.5. The topological polar surface area (TPSA) is 91.0 Å². The zero-order chi connectivity index (χ0) is 20.8. The number of carbonyl (C=O) groups is 3. The van der Waals surface area contributed by atoms with E-state index in [-0.39, 0.29) is 36.8 Å². The molecule has 1 aromatic rings. The summed E-state index contributed by atoms with van der Waals surface area (Å²) in [6.07, 6.45) is 0.846. The lowest BCUT2D eigenvalue weighted by Gasteiger charge is -2.32. The van der Waals surface area contributed by atoms with Crippen molar-refractivity contribution in [3.05, 3.63) is 29.3 Å². The summed E-state index contributed by atoms with van der Waals surface area (Å²) in [5, 5.41) is 6.10. The van der Waals surface area contributed by atoms with Crippen molar-refractivity contribution in [1.82, 2.24) is 15.5 Å². The van der Waals surface area contributed by atoms with Crippen molar-refractivity contribution in [2.24, 2.45) is 0 Å². The number of hydrogen-bond donors (Lipinski definition) is 2. The first-order valence-electron chi connectivity index (χ1n) is 10.3. The molecule has 0 spiro atoms. The fourth-order valence-electron chi connectivity index (χ4n) is 3.79. The van der Waals surface area contributed by atoms with Crippen molar-refractivity contribution < 1.29 is 19.1 Å². The van der Waals surface area contributed by atoms with Gasteiger partial charge in [-0.05, 0) is 38.0 Å². The fraction of sp³-hybridized carbons (Fsp3) is 0.571. The lowest BCUT2D eigenvalue weighted by molar-refractivity contribution is -0.143. The maximum absolute atomic E-state index is 13.0. The molecule has 1 fully saturated rings. The van der Waals surface area contributed by atoms with Crippen molar-refractivity contribution in [3.8, 4) is 0 Å².